The molecule has 128 valence electrons. The van der Waals surface area contributed by atoms with Gasteiger partial charge >= 0.3 is 0 Å². The standard InChI is InChI=1S/C19H23NO3S/c1-13-8-9-14(2)17(10-13)24-12-18(21)20-11-15-6-5-7-16(22-3)19(15)23-4/h5-10H,11-12H2,1-4H3,(H,20,21). The molecule has 0 saturated carbocycles. The molecule has 5 heteroatoms. The lowest BCUT2D eigenvalue weighted by Gasteiger charge is -2.13. The van der Waals surface area contributed by atoms with Crippen molar-refractivity contribution in [3.05, 3.63) is 53.1 Å². The van der Waals surface area contributed by atoms with Crippen molar-refractivity contribution >= 4 is 17.7 Å². The first-order valence-electron chi connectivity index (χ1n) is 7.71. The van der Waals surface area contributed by atoms with Gasteiger partial charge in [0.1, 0.15) is 0 Å². The summed E-state index contributed by atoms with van der Waals surface area (Å²) >= 11 is 1.55. The van der Waals surface area contributed by atoms with Gasteiger partial charge in [0.15, 0.2) is 11.5 Å². The van der Waals surface area contributed by atoms with Crippen molar-refractivity contribution in [2.45, 2.75) is 25.3 Å². The third kappa shape index (κ3) is 4.68. The van der Waals surface area contributed by atoms with Gasteiger partial charge in [0.25, 0.3) is 0 Å². The number of hydrogen-bond donors (Lipinski definition) is 1. The van der Waals surface area contributed by atoms with E-state index in [4.69, 9.17) is 9.47 Å². The lowest BCUT2D eigenvalue weighted by atomic mass is 10.2. The molecule has 1 amide bonds. The van der Waals surface area contributed by atoms with E-state index in [-0.39, 0.29) is 5.91 Å². The fourth-order valence-corrected chi connectivity index (χ4v) is 3.30. The first-order valence-corrected chi connectivity index (χ1v) is 8.70. The zero-order valence-electron chi connectivity index (χ0n) is 14.5. The average Bonchev–Trinajstić information content (AvgIpc) is 2.60. The maximum atomic E-state index is 12.1. The van der Waals surface area contributed by atoms with Crippen molar-refractivity contribution in [1.29, 1.82) is 0 Å². The lowest BCUT2D eigenvalue weighted by molar-refractivity contribution is -0.118. The Bertz CT molecular complexity index is 716. The van der Waals surface area contributed by atoms with E-state index in [9.17, 15) is 4.79 Å². The molecule has 2 rings (SSSR count). The number of hydrogen-bond acceptors (Lipinski definition) is 4. The Morgan fingerprint density at radius 3 is 2.62 bits per heavy atom. The van der Waals surface area contributed by atoms with E-state index < -0.39 is 0 Å². The van der Waals surface area contributed by atoms with Gasteiger partial charge in [0.05, 0.1) is 20.0 Å². The molecular weight excluding hydrogens is 322 g/mol. The summed E-state index contributed by atoms with van der Waals surface area (Å²) in [7, 11) is 3.20. The first kappa shape index (κ1) is 18.2. The van der Waals surface area contributed by atoms with Gasteiger partial charge < -0.3 is 14.8 Å². The summed E-state index contributed by atoms with van der Waals surface area (Å²) in [6.45, 7) is 4.52. The van der Waals surface area contributed by atoms with Crippen molar-refractivity contribution in [3.8, 4) is 11.5 Å². The quantitative estimate of drug-likeness (QED) is 0.777. The van der Waals surface area contributed by atoms with Crippen LogP contribution in [-0.4, -0.2) is 25.9 Å². The number of rotatable bonds is 7. The second-order valence-electron chi connectivity index (χ2n) is 5.49. The molecule has 0 bridgehead atoms. The molecule has 0 aliphatic heterocycles. The van der Waals surface area contributed by atoms with E-state index in [2.05, 4.69) is 37.4 Å². The predicted octanol–water partition coefficient (Wildman–Crippen LogP) is 3.73. The van der Waals surface area contributed by atoms with Crippen molar-refractivity contribution in [3.63, 3.8) is 0 Å². The number of methoxy groups -OCH3 is 2. The number of amides is 1. The Kier molecular flexibility index (Phi) is 6.55. The predicted molar refractivity (Wildman–Crippen MR) is 98.0 cm³/mol. The lowest BCUT2D eigenvalue weighted by Crippen LogP contribution is -2.24. The van der Waals surface area contributed by atoms with Crippen LogP contribution in [0.25, 0.3) is 0 Å². The highest BCUT2D eigenvalue weighted by Gasteiger charge is 2.11. The van der Waals surface area contributed by atoms with Gasteiger partial charge in [-0.25, -0.2) is 0 Å². The monoisotopic (exact) mass is 345 g/mol. The molecule has 0 aliphatic carbocycles. The fourth-order valence-electron chi connectivity index (χ4n) is 2.34. The molecule has 0 unspecified atom stereocenters. The highest BCUT2D eigenvalue weighted by atomic mass is 32.2. The Morgan fingerprint density at radius 1 is 1.12 bits per heavy atom. The number of benzene rings is 2. The molecule has 0 fully saturated rings. The molecule has 24 heavy (non-hydrogen) atoms. The van der Waals surface area contributed by atoms with Crippen LogP contribution in [0.15, 0.2) is 41.3 Å². The van der Waals surface area contributed by atoms with Crippen LogP contribution in [0.5, 0.6) is 11.5 Å². The number of thioether (sulfide) groups is 1. The molecule has 2 aromatic rings. The maximum Gasteiger partial charge on any atom is 0.230 e. The number of carbonyl (C=O) groups is 1. The molecule has 0 heterocycles. The second kappa shape index (κ2) is 8.64. The molecular formula is C19H23NO3S. The van der Waals surface area contributed by atoms with Gasteiger partial charge in [-0.15, -0.1) is 11.8 Å². The zero-order valence-corrected chi connectivity index (χ0v) is 15.3. The number of nitrogens with one attached hydrogen (secondary N) is 1. The van der Waals surface area contributed by atoms with E-state index in [1.165, 1.54) is 11.1 Å². The minimum absolute atomic E-state index is 0.00854. The van der Waals surface area contributed by atoms with E-state index in [0.29, 0.717) is 23.8 Å². The van der Waals surface area contributed by atoms with Crippen molar-refractivity contribution < 1.29 is 14.3 Å². The van der Waals surface area contributed by atoms with Crippen LogP contribution < -0.4 is 14.8 Å². The van der Waals surface area contributed by atoms with Crippen LogP contribution in [0.3, 0.4) is 0 Å². The van der Waals surface area contributed by atoms with Crippen LogP contribution in [0, 0.1) is 13.8 Å². The molecule has 4 nitrogen and oxygen atoms in total. The minimum atomic E-state index is -0.00854. The largest absolute Gasteiger partial charge is 0.493 e. The number of aryl methyl sites for hydroxylation is 2. The smallest absolute Gasteiger partial charge is 0.230 e. The van der Waals surface area contributed by atoms with E-state index >= 15 is 0 Å². The second-order valence-corrected chi connectivity index (χ2v) is 6.50. The molecule has 0 aromatic heterocycles. The Morgan fingerprint density at radius 2 is 1.92 bits per heavy atom. The van der Waals surface area contributed by atoms with Crippen molar-refractivity contribution in [1.82, 2.24) is 5.32 Å². The van der Waals surface area contributed by atoms with E-state index in [1.807, 2.05) is 18.2 Å². The normalized spacial score (nSPS) is 10.3. The van der Waals surface area contributed by atoms with Crippen molar-refractivity contribution in [2.24, 2.45) is 0 Å². The third-order valence-electron chi connectivity index (χ3n) is 3.66. The SMILES string of the molecule is COc1cccc(CNC(=O)CSc2cc(C)ccc2C)c1OC. The zero-order chi connectivity index (χ0) is 17.5. The molecule has 0 radical (unpaired) electrons. The third-order valence-corrected chi connectivity index (χ3v) is 4.82. The number of para-hydroxylation sites is 1. The summed E-state index contributed by atoms with van der Waals surface area (Å²) in [6.07, 6.45) is 0. The van der Waals surface area contributed by atoms with Crippen LogP contribution >= 0.6 is 11.8 Å². The van der Waals surface area contributed by atoms with Crippen LogP contribution in [0.1, 0.15) is 16.7 Å². The summed E-state index contributed by atoms with van der Waals surface area (Å²) in [5.41, 5.74) is 3.28. The Hall–Kier alpha value is -2.14. The molecule has 2 aromatic carbocycles. The van der Waals surface area contributed by atoms with Crippen molar-refractivity contribution in [2.75, 3.05) is 20.0 Å². The fraction of sp³-hybridized carbons (Fsp3) is 0.316. The number of carbonyl (C=O) groups excluding carboxylic acids is 1. The van der Waals surface area contributed by atoms with Crippen LogP contribution in [0.2, 0.25) is 0 Å². The van der Waals surface area contributed by atoms with Gasteiger partial charge in [-0.05, 0) is 31.5 Å². The first-order chi connectivity index (χ1) is 11.5. The maximum absolute atomic E-state index is 12.1. The summed E-state index contributed by atoms with van der Waals surface area (Å²) in [6, 6.07) is 11.9. The summed E-state index contributed by atoms with van der Waals surface area (Å²) in [5.74, 6) is 1.69. The highest BCUT2D eigenvalue weighted by Crippen LogP contribution is 2.30. The molecule has 0 atom stereocenters. The molecule has 1 N–H and O–H groups in total. The average molecular weight is 345 g/mol. The molecule has 0 spiro atoms. The summed E-state index contributed by atoms with van der Waals surface area (Å²) in [4.78, 5) is 13.3. The van der Waals surface area contributed by atoms with Gasteiger partial charge in [0.2, 0.25) is 5.91 Å². The number of ether oxygens (including phenoxy) is 2. The van der Waals surface area contributed by atoms with Gasteiger partial charge in [-0.1, -0.05) is 29.8 Å². The van der Waals surface area contributed by atoms with Gasteiger partial charge in [0, 0.05) is 17.0 Å². The Balaban J connectivity index is 1.93. The minimum Gasteiger partial charge on any atom is -0.493 e. The molecule has 0 aliphatic rings. The topological polar surface area (TPSA) is 47.6 Å². The molecule has 0 saturated heterocycles. The van der Waals surface area contributed by atoms with E-state index in [1.54, 1.807) is 26.0 Å². The van der Waals surface area contributed by atoms with Crippen LogP contribution in [0.4, 0.5) is 0 Å². The highest BCUT2D eigenvalue weighted by molar-refractivity contribution is 8.00. The summed E-state index contributed by atoms with van der Waals surface area (Å²) < 4.78 is 10.6. The summed E-state index contributed by atoms with van der Waals surface area (Å²) in [5, 5.41) is 2.93. The van der Waals surface area contributed by atoms with E-state index in [0.717, 1.165) is 10.5 Å². The van der Waals surface area contributed by atoms with Crippen LogP contribution in [-0.2, 0) is 11.3 Å². The van der Waals surface area contributed by atoms with Gasteiger partial charge in [-0.3, -0.25) is 4.79 Å². The van der Waals surface area contributed by atoms with Gasteiger partial charge in [-0.2, -0.15) is 0 Å². The Labute approximate surface area is 147 Å².